The molecular formula is C26H29N5O. The Morgan fingerprint density at radius 2 is 1.81 bits per heavy atom. The number of hydrogen-bond acceptors (Lipinski definition) is 4. The number of carbonyl (C=O) groups is 1. The van der Waals surface area contributed by atoms with Gasteiger partial charge in [-0.05, 0) is 73.0 Å². The standard InChI is InChI=1S/C26H29N5O/c32-25(15-22-16-29-12-9-19(22)10-13-29)30-14-11-20-3-1-2-4-24(20)26(30)21-5-7-23(8-6-21)31-18-27-17-28-31/h1-8,17-19,22,26H,9-16H2/t22-,26-/m1/s1. The van der Waals surface area contributed by atoms with E-state index in [1.807, 2.05) is 0 Å². The van der Waals surface area contributed by atoms with Crippen molar-refractivity contribution in [2.75, 3.05) is 26.2 Å². The average molecular weight is 428 g/mol. The summed E-state index contributed by atoms with van der Waals surface area (Å²) in [5, 5.41) is 4.23. The Bertz CT molecular complexity index is 1090. The van der Waals surface area contributed by atoms with Gasteiger partial charge in [0.2, 0.25) is 5.91 Å². The lowest BCUT2D eigenvalue weighted by Gasteiger charge is -2.46. The van der Waals surface area contributed by atoms with Gasteiger partial charge in [-0.25, -0.2) is 9.67 Å². The Hall–Kier alpha value is -2.99. The molecule has 3 aromatic rings. The zero-order valence-corrected chi connectivity index (χ0v) is 18.3. The first-order valence-electron chi connectivity index (χ1n) is 11.8. The molecule has 0 radical (unpaired) electrons. The van der Waals surface area contributed by atoms with E-state index >= 15 is 0 Å². The molecule has 2 aromatic carbocycles. The van der Waals surface area contributed by atoms with Crippen LogP contribution < -0.4 is 0 Å². The van der Waals surface area contributed by atoms with E-state index in [-0.39, 0.29) is 6.04 Å². The largest absolute Gasteiger partial charge is 0.331 e. The fourth-order valence-electron chi connectivity index (χ4n) is 6.01. The Labute approximate surface area is 188 Å². The van der Waals surface area contributed by atoms with E-state index in [0.29, 0.717) is 18.2 Å². The van der Waals surface area contributed by atoms with E-state index < -0.39 is 0 Å². The van der Waals surface area contributed by atoms with Crippen LogP contribution in [0.4, 0.5) is 0 Å². The number of carbonyl (C=O) groups excluding carboxylic acids is 1. The molecule has 3 fully saturated rings. The van der Waals surface area contributed by atoms with Crippen LogP contribution in [0.25, 0.3) is 5.69 Å². The summed E-state index contributed by atoms with van der Waals surface area (Å²) in [6.07, 6.45) is 7.36. The zero-order chi connectivity index (χ0) is 21.5. The third kappa shape index (κ3) is 3.52. The maximum atomic E-state index is 13.7. The van der Waals surface area contributed by atoms with Crippen molar-refractivity contribution in [3.05, 3.63) is 77.9 Å². The topological polar surface area (TPSA) is 54.3 Å². The molecule has 4 aliphatic heterocycles. The van der Waals surface area contributed by atoms with Gasteiger partial charge in [0.15, 0.2) is 0 Å². The monoisotopic (exact) mass is 427 g/mol. The highest BCUT2D eigenvalue weighted by Gasteiger charge is 2.38. The van der Waals surface area contributed by atoms with Gasteiger partial charge in [0.25, 0.3) is 0 Å². The second kappa shape index (κ2) is 8.17. The lowest BCUT2D eigenvalue weighted by Crippen LogP contribution is -2.49. The number of fused-ring (bicyclic) bond motifs is 4. The van der Waals surface area contributed by atoms with Crippen molar-refractivity contribution < 1.29 is 4.79 Å². The highest BCUT2D eigenvalue weighted by Crippen LogP contribution is 2.39. The number of hydrogen-bond donors (Lipinski definition) is 0. The van der Waals surface area contributed by atoms with Crippen LogP contribution in [-0.2, 0) is 11.2 Å². The Balaban J connectivity index is 1.30. The van der Waals surface area contributed by atoms with Crippen molar-refractivity contribution in [1.82, 2.24) is 24.6 Å². The quantitative estimate of drug-likeness (QED) is 0.640. The van der Waals surface area contributed by atoms with Gasteiger partial charge in [-0.15, -0.1) is 0 Å². The fourth-order valence-corrected chi connectivity index (χ4v) is 6.01. The Morgan fingerprint density at radius 3 is 2.53 bits per heavy atom. The van der Waals surface area contributed by atoms with E-state index in [9.17, 15) is 4.79 Å². The van der Waals surface area contributed by atoms with Gasteiger partial charge in [0, 0.05) is 19.5 Å². The summed E-state index contributed by atoms with van der Waals surface area (Å²) < 4.78 is 1.76. The molecule has 6 heteroatoms. The van der Waals surface area contributed by atoms with E-state index in [1.165, 1.54) is 37.1 Å². The van der Waals surface area contributed by atoms with E-state index in [1.54, 1.807) is 17.3 Å². The first-order chi connectivity index (χ1) is 15.8. The SMILES string of the molecule is O=C(C[C@@H]1CN2CCC1CC2)N1CCc2ccccc2[C@H]1c1ccc(-n2cncn2)cc1. The summed E-state index contributed by atoms with van der Waals surface area (Å²) in [4.78, 5) is 22.4. The maximum absolute atomic E-state index is 13.7. The smallest absolute Gasteiger partial charge is 0.223 e. The van der Waals surface area contributed by atoms with Gasteiger partial charge in [-0.3, -0.25) is 4.79 Å². The average Bonchev–Trinajstić information content (AvgIpc) is 3.39. The van der Waals surface area contributed by atoms with Crippen LogP contribution in [0.5, 0.6) is 0 Å². The van der Waals surface area contributed by atoms with Gasteiger partial charge in [0.1, 0.15) is 12.7 Å². The van der Waals surface area contributed by atoms with Crippen LogP contribution in [0.2, 0.25) is 0 Å². The third-order valence-electron chi connectivity index (χ3n) is 7.72. The fraction of sp³-hybridized carbons (Fsp3) is 0.423. The second-order valence-electron chi connectivity index (χ2n) is 9.47. The van der Waals surface area contributed by atoms with Crippen molar-refractivity contribution in [2.45, 2.75) is 31.7 Å². The number of nitrogens with zero attached hydrogens (tertiary/aromatic N) is 5. The predicted octanol–water partition coefficient (Wildman–Crippen LogP) is 3.47. The Kier molecular flexibility index (Phi) is 5.02. The molecule has 3 saturated heterocycles. The molecule has 1 aromatic heterocycles. The van der Waals surface area contributed by atoms with Crippen LogP contribution >= 0.6 is 0 Å². The van der Waals surface area contributed by atoms with Gasteiger partial charge in [-0.2, -0.15) is 5.10 Å². The van der Waals surface area contributed by atoms with Crippen LogP contribution in [-0.4, -0.2) is 56.7 Å². The molecule has 2 bridgehead atoms. The van der Waals surface area contributed by atoms with Gasteiger partial charge < -0.3 is 9.80 Å². The summed E-state index contributed by atoms with van der Waals surface area (Å²) >= 11 is 0. The van der Waals surface area contributed by atoms with Crippen molar-refractivity contribution in [1.29, 1.82) is 0 Å². The maximum Gasteiger partial charge on any atom is 0.223 e. The molecule has 0 saturated carbocycles. The van der Waals surface area contributed by atoms with Crippen molar-refractivity contribution in [3.63, 3.8) is 0 Å². The highest BCUT2D eigenvalue weighted by molar-refractivity contribution is 5.78. The predicted molar refractivity (Wildman–Crippen MR) is 122 cm³/mol. The number of benzene rings is 2. The van der Waals surface area contributed by atoms with E-state index in [4.69, 9.17) is 0 Å². The van der Waals surface area contributed by atoms with E-state index in [0.717, 1.165) is 36.7 Å². The molecule has 164 valence electrons. The molecule has 5 heterocycles. The minimum absolute atomic E-state index is 0.0293. The minimum atomic E-state index is -0.0293. The molecule has 0 spiro atoms. The lowest BCUT2D eigenvalue weighted by molar-refractivity contribution is -0.136. The summed E-state index contributed by atoms with van der Waals surface area (Å²) in [7, 11) is 0. The summed E-state index contributed by atoms with van der Waals surface area (Å²) in [6.45, 7) is 4.31. The summed E-state index contributed by atoms with van der Waals surface area (Å²) in [6, 6.07) is 17.0. The minimum Gasteiger partial charge on any atom is -0.331 e. The number of rotatable bonds is 4. The molecule has 0 unspecified atom stereocenters. The molecule has 4 aliphatic rings. The third-order valence-corrected chi connectivity index (χ3v) is 7.72. The molecule has 0 N–H and O–H groups in total. The van der Waals surface area contributed by atoms with Crippen molar-refractivity contribution in [2.24, 2.45) is 11.8 Å². The number of amides is 1. The lowest BCUT2D eigenvalue weighted by atomic mass is 9.77. The molecule has 6 nitrogen and oxygen atoms in total. The Morgan fingerprint density at radius 1 is 1.00 bits per heavy atom. The molecular weight excluding hydrogens is 398 g/mol. The summed E-state index contributed by atoms with van der Waals surface area (Å²) in [5.41, 5.74) is 4.74. The van der Waals surface area contributed by atoms with Crippen molar-refractivity contribution >= 4 is 5.91 Å². The zero-order valence-electron chi connectivity index (χ0n) is 18.3. The van der Waals surface area contributed by atoms with Gasteiger partial charge in [0.05, 0.1) is 11.7 Å². The molecule has 2 atom stereocenters. The molecule has 32 heavy (non-hydrogen) atoms. The second-order valence-corrected chi connectivity index (χ2v) is 9.47. The van der Waals surface area contributed by atoms with Crippen LogP contribution in [0.1, 0.15) is 42.0 Å². The van der Waals surface area contributed by atoms with Crippen molar-refractivity contribution in [3.8, 4) is 5.69 Å². The summed E-state index contributed by atoms with van der Waals surface area (Å²) in [5.74, 6) is 1.54. The van der Waals surface area contributed by atoms with Gasteiger partial charge in [-0.1, -0.05) is 36.4 Å². The van der Waals surface area contributed by atoms with E-state index in [2.05, 4.69) is 68.4 Å². The molecule has 7 rings (SSSR count). The number of aromatic nitrogens is 3. The highest BCUT2D eigenvalue weighted by atomic mass is 16.2. The first-order valence-corrected chi connectivity index (χ1v) is 11.8. The molecule has 1 amide bonds. The van der Waals surface area contributed by atoms with Gasteiger partial charge >= 0.3 is 0 Å². The van der Waals surface area contributed by atoms with Crippen LogP contribution in [0, 0.1) is 11.8 Å². The normalized spacial score (nSPS) is 26.7. The first kappa shape index (κ1) is 19.7. The number of piperidine rings is 3. The molecule has 0 aliphatic carbocycles. The van der Waals surface area contributed by atoms with Crippen LogP contribution in [0.15, 0.2) is 61.2 Å². The van der Waals surface area contributed by atoms with Crippen LogP contribution in [0.3, 0.4) is 0 Å².